The van der Waals surface area contributed by atoms with Crippen molar-refractivity contribution < 1.29 is 40.2 Å². The number of ketones is 1. The Hall–Kier alpha value is -1.63. The number of allylic oxidation sites excluding steroid dienone is 3. The number of fused-ring (bicyclic) bond motifs is 6. The van der Waals surface area contributed by atoms with Crippen molar-refractivity contribution in [3.8, 4) is 0 Å². The molecule has 16 atom stereocenters. The Labute approximate surface area is 310 Å². The van der Waals surface area contributed by atoms with Crippen LogP contribution in [-0.4, -0.2) is 90.9 Å². The number of hydrogen-bond acceptors (Lipinski definition) is 10. The van der Waals surface area contributed by atoms with Gasteiger partial charge in [0, 0.05) is 24.1 Å². The average Bonchev–Trinajstić information content (AvgIpc) is 3.51. The molecule has 10 nitrogen and oxygen atoms in total. The quantitative estimate of drug-likeness (QED) is 0.165. The minimum Gasteiger partial charge on any atom is -0.396 e. The lowest BCUT2D eigenvalue weighted by atomic mass is 9.43. The zero-order valence-corrected chi connectivity index (χ0v) is 31.6. The van der Waals surface area contributed by atoms with Crippen LogP contribution in [0.3, 0.4) is 0 Å². The molecule has 292 valence electrons. The monoisotopic (exact) mass is 726 g/mol. The minimum atomic E-state index is -1.63. The van der Waals surface area contributed by atoms with Crippen molar-refractivity contribution in [2.45, 2.75) is 165 Å². The fraction of sp³-hybridized carbons (Fsp3) is 0.833. The number of carbonyl (C=O) groups excluding carboxylic acids is 1. The van der Waals surface area contributed by atoms with Crippen molar-refractivity contribution in [3.63, 3.8) is 0 Å². The molecule has 0 aromatic heterocycles. The first-order valence-electron chi connectivity index (χ1n) is 20.6. The van der Waals surface area contributed by atoms with Crippen molar-refractivity contribution in [1.29, 1.82) is 0 Å². The molecule has 0 aromatic rings. The van der Waals surface area contributed by atoms with E-state index in [4.69, 9.17) is 10.5 Å². The van der Waals surface area contributed by atoms with Crippen LogP contribution in [0.4, 0.5) is 0 Å². The van der Waals surface area contributed by atoms with Gasteiger partial charge in [0.25, 0.3) is 0 Å². The van der Waals surface area contributed by atoms with E-state index < -0.39 is 58.3 Å². The predicted molar refractivity (Wildman–Crippen MR) is 197 cm³/mol. The van der Waals surface area contributed by atoms with Gasteiger partial charge in [-0.2, -0.15) is 0 Å². The summed E-state index contributed by atoms with van der Waals surface area (Å²) in [6.45, 7) is 5.89. The fourth-order valence-corrected chi connectivity index (χ4v) is 13.4. The molecule has 7 aliphatic rings. The molecule has 0 bridgehead atoms. The van der Waals surface area contributed by atoms with Crippen LogP contribution in [0, 0.1) is 46.3 Å². The van der Waals surface area contributed by atoms with E-state index in [2.05, 4.69) is 19.2 Å². The summed E-state index contributed by atoms with van der Waals surface area (Å²) in [5, 5.41) is 73.7. The van der Waals surface area contributed by atoms with Gasteiger partial charge in [-0.3, -0.25) is 4.79 Å². The molecule has 9 N–H and O–H groups in total. The van der Waals surface area contributed by atoms with E-state index in [-0.39, 0.29) is 55.8 Å². The molecule has 0 radical (unpaired) electrons. The van der Waals surface area contributed by atoms with Gasteiger partial charge in [0.1, 0.15) is 6.10 Å². The van der Waals surface area contributed by atoms with Crippen LogP contribution >= 0.6 is 0 Å². The smallest absolute Gasteiger partial charge is 0.159 e. The van der Waals surface area contributed by atoms with Gasteiger partial charge in [-0.25, -0.2) is 0 Å². The second kappa shape index (κ2) is 14.5. The van der Waals surface area contributed by atoms with Gasteiger partial charge in [0.05, 0.1) is 41.8 Å². The van der Waals surface area contributed by atoms with Crippen LogP contribution in [0.15, 0.2) is 35.6 Å². The van der Waals surface area contributed by atoms with E-state index in [1.807, 2.05) is 18.4 Å². The van der Waals surface area contributed by atoms with E-state index in [1.165, 1.54) is 19.3 Å². The molecule has 5 aliphatic carbocycles. The van der Waals surface area contributed by atoms with Crippen LogP contribution in [0.25, 0.3) is 0 Å². The summed E-state index contributed by atoms with van der Waals surface area (Å²) in [5.74, 6) is -0.296. The highest BCUT2D eigenvalue weighted by atomic mass is 16.5. The number of carbonyl (C=O) groups is 1. The number of dihydropyridines is 1. The van der Waals surface area contributed by atoms with Crippen LogP contribution in [0.5, 0.6) is 0 Å². The van der Waals surface area contributed by atoms with Crippen LogP contribution in [-0.2, 0) is 9.53 Å². The van der Waals surface area contributed by atoms with Gasteiger partial charge in [0.2, 0.25) is 0 Å². The van der Waals surface area contributed by atoms with Crippen molar-refractivity contribution in [2.24, 2.45) is 52.1 Å². The molecule has 10 heteroatoms. The fourth-order valence-electron chi connectivity index (χ4n) is 13.4. The maximum Gasteiger partial charge on any atom is 0.159 e. The number of nitrogens with two attached hydrogens (primary N) is 1. The SMILES string of the molecule is CCCC1CCC2OC(C(O)C(C)(O)C3CCC4(O)C5=CC(=O)C6CC(O)C(O)CC6(CCC6=CNC(N)C=C6)C5CCC34CCO)C(C)C2CC1. The number of aliphatic hydroxyl groups is 6. The van der Waals surface area contributed by atoms with Crippen molar-refractivity contribution in [3.05, 3.63) is 35.6 Å². The Bertz CT molecular complexity index is 1430. The number of rotatable bonds is 10. The Morgan fingerprint density at radius 1 is 1.08 bits per heavy atom. The third-order valence-electron chi connectivity index (χ3n) is 16.1. The number of hydrogen-bond donors (Lipinski definition) is 8. The van der Waals surface area contributed by atoms with Gasteiger partial charge in [0.15, 0.2) is 5.78 Å². The largest absolute Gasteiger partial charge is 0.396 e. The number of nitrogens with one attached hydrogen (secondary N) is 1. The molecule has 1 saturated heterocycles. The molecule has 2 heterocycles. The molecule has 52 heavy (non-hydrogen) atoms. The van der Waals surface area contributed by atoms with Gasteiger partial charge in [-0.15, -0.1) is 0 Å². The summed E-state index contributed by atoms with van der Waals surface area (Å²) in [4.78, 5) is 14.2. The van der Waals surface area contributed by atoms with E-state index in [9.17, 15) is 35.4 Å². The maximum atomic E-state index is 14.2. The second-order valence-electron chi connectivity index (χ2n) is 18.4. The molecule has 16 unspecified atom stereocenters. The zero-order valence-electron chi connectivity index (χ0n) is 31.6. The van der Waals surface area contributed by atoms with Crippen LogP contribution < -0.4 is 11.1 Å². The van der Waals surface area contributed by atoms with E-state index in [1.54, 1.807) is 13.0 Å². The first kappa shape index (κ1) is 38.6. The van der Waals surface area contributed by atoms with E-state index >= 15 is 0 Å². The standard InChI is InChI=1S/C42H66N2O8/c1-4-5-25-6-9-27-24(2)37(52-34(27)10-7-25)38(49)39(3,50)35-14-17-42(51)29-20-31(46)30-21-32(47)33(48)22-40(30,15-12-26-8-11-36(43)44-23-26)28(29)13-16-41(35,42)18-19-45/h8,11,20,23-25,27-28,30,32-38,44-45,47-51H,4-7,9-10,12-19,21-22,43H2,1-3H3. The summed E-state index contributed by atoms with van der Waals surface area (Å²) >= 11 is 0. The van der Waals surface area contributed by atoms with Gasteiger partial charge in [-0.1, -0.05) is 39.2 Å². The summed E-state index contributed by atoms with van der Waals surface area (Å²) in [5.41, 5.74) is 2.88. The molecular weight excluding hydrogens is 660 g/mol. The van der Waals surface area contributed by atoms with Gasteiger partial charge >= 0.3 is 0 Å². The minimum absolute atomic E-state index is 0.0638. The lowest BCUT2D eigenvalue weighted by Crippen LogP contribution is -2.65. The third kappa shape index (κ3) is 6.10. The van der Waals surface area contributed by atoms with Crippen molar-refractivity contribution in [2.75, 3.05) is 6.61 Å². The molecule has 5 fully saturated rings. The normalized spacial score (nSPS) is 47.5. The Morgan fingerprint density at radius 2 is 1.85 bits per heavy atom. The third-order valence-corrected chi connectivity index (χ3v) is 16.1. The van der Waals surface area contributed by atoms with E-state index in [0.29, 0.717) is 50.0 Å². The topological polar surface area (TPSA) is 186 Å². The maximum absolute atomic E-state index is 14.2. The van der Waals surface area contributed by atoms with E-state index in [0.717, 1.165) is 30.8 Å². The predicted octanol–water partition coefficient (Wildman–Crippen LogP) is 3.76. The summed E-state index contributed by atoms with van der Waals surface area (Å²) in [6, 6.07) is 0. The summed E-state index contributed by atoms with van der Waals surface area (Å²) in [6.07, 6.45) is 13.9. The second-order valence-corrected chi connectivity index (χ2v) is 18.4. The molecule has 0 amide bonds. The Kier molecular flexibility index (Phi) is 10.7. The summed E-state index contributed by atoms with van der Waals surface area (Å²) in [7, 11) is 0. The van der Waals surface area contributed by atoms with Crippen LogP contribution in [0.2, 0.25) is 0 Å². The molecule has 7 rings (SSSR count). The van der Waals surface area contributed by atoms with Crippen molar-refractivity contribution in [1.82, 2.24) is 5.32 Å². The van der Waals surface area contributed by atoms with Gasteiger partial charge in [-0.05, 0) is 142 Å². The lowest BCUT2D eigenvalue weighted by Gasteiger charge is -2.62. The lowest BCUT2D eigenvalue weighted by molar-refractivity contribution is -0.206. The van der Waals surface area contributed by atoms with Gasteiger partial charge < -0.3 is 46.4 Å². The summed E-state index contributed by atoms with van der Waals surface area (Å²) < 4.78 is 6.68. The number of aliphatic hydroxyl groups excluding tert-OH is 4. The first-order valence-corrected chi connectivity index (χ1v) is 20.6. The molecule has 0 spiro atoms. The Balaban J connectivity index is 1.18. The zero-order chi connectivity index (χ0) is 37.2. The highest BCUT2D eigenvalue weighted by Crippen LogP contribution is 2.71. The molecule has 4 saturated carbocycles. The Morgan fingerprint density at radius 3 is 2.56 bits per heavy atom. The molecular formula is C42H66N2O8. The van der Waals surface area contributed by atoms with Crippen LogP contribution in [0.1, 0.15) is 117 Å². The molecule has 0 aromatic carbocycles. The molecule has 2 aliphatic heterocycles. The highest BCUT2D eigenvalue weighted by molar-refractivity contribution is 5.95. The highest BCUT2D eigenvalue weighted by Gasteiger charge is 2.71. The van der Waals surface area contributed by atoms with Crippen molar-refractivity contribution >= 4 is 5.78 Å². The number of ether oxygens (including phenoxy) is 1. The first-order chi connectivity index (χ1) is 24.7. The average molecular weight is 727 g/mol.